The second kappa shape index (κ2) is 9.99. The Labute approximate surface area is 179 Å². The lowest BCUT2D eigenvalue weighted by atomic mass is 10.1. The molecule has 0 aliphatic carbocycles. The number of hydrogen-bond donors (Lipinski definition) is 1. The smallest absolute Gasteiger partial charge is 0.272 e. The van der Waals surface area contributed by atoms with Crippen LogP contribution in [0, 0.1) is 5.82 Å². The van der Waals surface area contributed by atoms with Gasteiger partial charge in [0.25, 0.3) is 11.5 Å². The van der Waals surface area contributed by atoms with Crippen molar-refractivity contribution in [1.82, 2.24) is 20.0 Å². The van der Waals surface area contributed by atoms with Crippen molar-refractivity contribution in [2.75, 3.05) is 32.7 Å². The fraction of sp³-hybridized carbons (Fsp3) is 0.261. The molecule has 0 atom stereocenters. The third-order valence-electron chi connectivity index (χ3n) is 5.03. The van der Waals surface area contributed by atoms with Crippen molar-refractivity contribution in [1.29, 1.82) is 0 Å². The van der Waals surface area contributed by atoms with Crippen LogP contribution in [-0.2, 0) is 0 Å². The summed E-state index contributed by atoms with van der Waals surface area (Å²) in [6.45, 7) is 12.3. The number of halogens is 1. The molecule has 1 saturated heterocycles. The Balaban J connectivity index is 1.88. The molecule has 0 saturated carbocycles. The molecule has 0 spiro atoms. The second-order valence-electron chi connectivity index (χ2n) is 7.00. The molecule has 162 valence electrons. The number of rotatable bonds is 6. The minimum atomic E-state index is -0.622. The van der Waals surface area contributed by atoms with E-state index in [4.69, 9.17) is 4.74 Å². The zero-order valence-electron chi connectivity index (χ0n) is 17.4. The van der Waals surface area contributed by atoms with E-state index in [1.807, 2.05) is 6.08 Å². The van der Waals surface area contributed by atoms with Crippen LogP contribution in [0.2, 0.25) is 0 Å². The Bertz CT molecular complexity index is 1160. The molecular formula is C23H25FN4O3. The molecule has 7 nitrogen and oxygen atoms in total. The maximum atomic E-state index is 14.5. The van der Waals surface area contributed by atoms with Crippen LogP contribution in [0.5, 0.6) is 11.6 Å². The molecule has 0 unspecified atom stereocenters. The molecule has 1 aromatic heterocycles. The van der Waals surface area contributed by atoms with Crippen LogP contribution in [0.1, 0.15) is 17.3 Å². The van der Waals surface area contributed by atoms with E-state index in [9.17, 15) is 14.0 Å². The van der Waals surface area contributed by atoms with Crippen molar-refractivity contribution in [3.63, 3.8) is 0 Å². The van der Waals surface area contributed by atoms with Gasteiger partial charge in [0.1, 0.15) is 11.6 Å². The van der Waals surface area contributed by atoms with Gasteiger partial charge >= 0.3 is 0 Å². The van der Waals surface area contributed by atoms with Gasteiger partial charge < -0.3 is 9.64 Å². The lowest BCUT2D eigenvalue weighted by molar-refractivity contribution is 0.0645. The van der Waals surface area contributed by atoms with Gasteiger partial charge in [-0.1, -0.05) is 24.8 Å². The van der Waals surface area contributed by atoms with Crippen molar-refractivity contribution in [2.24, 2.45) is 0 Å². The number of nitrogens with one attached hydrogen (secondary N) is 1. The predicted molar refractivity (Wildman–Crippen MR) is 118 cm³/mol. The molecule has 31 heavy (non-hydrogen) atoms. The van der Waals surface area contributed by atoms with E-state index in [2.05, 4.69) is 28.3 Å². The van der Waals surface area contributed by atoms with Gasteiger partial charge in [0.05, 0.1) is 10.8 Å². The maximum Gasteiger partial charge on any atom is 0.272 e. The van der Waals surface area contributed by atoms with Crippen LogP contribution < -0.4 is 20.7 Å². The summed E-state index contributed by atoms with van der Waals surface area (Å²) in [5.74, 6) is -0.637. The first-order valence-electron chi connectivity index (χ1n) is 9.96. The first-order valence-corrected chi connectivity index (χ1v) is 9.96. The number of benzene rings is 1. The van der Waals surface area contributed by atoms with Crippen molar-refractivity contribution < 1.29 is 13.9 Å². The van der Waals surface area contributed by atoms with Gasteiger partial charge in [-0.15, -0.1) is 11.7 Å². The molecular weight excluding hydrogens is 399 g/mol. The third-order valence-corrected chi connectivity index (χ3v) is 5.03. The number of aromatic nitrogens is 2. The van der Waals surface area contributed by atoms with Gasteiger partial charge in [-0.2, -0.15) is 0 Å². The molecule has 1 aliphatic rings. The van der Waals surface area contributed by atoms with Crippen molar-refractivity contribution in [3.8, 4) is 11.6 Å². The summed E-state index contributed by atoms with van der Waals surface area (Å²) in [5, 5.41) is 7.14. The molecule has 8 heteroatoms. The van der Waals surface area contributed by atoms with Gasteiger partial charge in [0.15, 0.2) is 0 Å². The van der Waals surface area contributed by atoms with E-state index in [1.165, 1.54) is 24.3 Å². The fourth-order valence-corrected chi connectivity index (χ4v) is 3.43. The van der Waals surface area contributed by atoms with Crippen LogP contribution in [-0.4, -0.2) is 58.6 Å². The van der Waals surface area contributed by atoms with Crippen molar-refractivity contribution in [2.45, 2.75) is 6.92 Å². The average molecular weight is 424 g/mol. The second-order valence-corrected chi connectivity index (χ2v) is 7.00. The molecule has 2 aromatic rings. The van der Waals surface area contributed by atoms with Crippen LogP contribution in [0.15, 0.2) is 48.3 Å². The fourth-order valence-electron chi connectivity index (χ4n) is 3.43. The zero-order valence-corrected chi connectivity index (χ0v) is 17.4. The molecule has 1 fully saturated rings. The molecule has 2 heterocycles. The standard InChI is InChI=1S/C23H25FN4O3/c1-4-7-18-17(6-3)22(26-25-21(18)29)31-16-8-9-20(24)19(15-16)23(30)28-13-11-27(10-5-2)12-14-28/h4-9,15H,1-2,10-14H2,3H3,(H,25,29). The SMILES string of the molecule is C=CC=c1c(=O)[nH]nc(Oc2ccc(F)c(C(=O)N3CCN(CC=C)CC3)c2)c1=CC. The molecule has 1 N–H and O–H groups in total. The maximum absolute atomic E-state index is 14.5. The van der Waals surface area contributed by atoms with Crippen LogP contribution >= 0.6 is 0 Å². The number of carbonyl (C=O) groups is 1. The number of carbonyl (C=O) groups excluding carboxylic acids is 1. The van der Waals surface area contributed by atoms with E-state index in [0.29, 0.717) is 36.6 Å². The molecule has 0 radical (unpaired) electrons. The minimum absolute atomic E-state index is 0.0704. The normalized spacial score (nSPS) is 15.7. The largest absolute Gasteiger partial charge is 0.437 e. The Hall–Kier alpha value is -3.52. The highest BCUT2D eigenvalue weighted by Crippen LogP contribution is 2.22. The number of piperazine rings is 1. The predicted octanol–water partition coefficient (Wildman–Crippen LogP) is 1.41. The summed E-state index contributed by atoms with van der Waals surface area (Å²) in [6.07, 6.45) is 6.55. The first-order chi connectivity index (χ1) is 15.0. The summed E-state index contributed by atoms with van der Waals surface area (Å²) in [4.78, 5) is 28.7. The topological polar surface area (TPSA) is 78.5 Å². The number of H-pyrrole nitrogens is 1. The van der Waals surface area contributed by atoms with Crippen LogP contribution in [0.25, 0.3) is 12.2 Å². The van der Waals surface area contributed by atoms with E-state index in [1.54, 1.807) is 24.0 Å². The number of aromatic amines is 1. The Morgan fingerprint density at radius 2 is 2.00 bits per heavy atom. The van der Waals surface area contributed by atoms with E-state index in [0.717, 1.165) is 6.54 Å². The first kappa shape index (κ1) is 22.2. The number of amides is 1. The zero-order chi connectivity index (χ0) is 22.4. The summed E-state index contributed by atoms with van der Waals surface area (Å²) in [6, 6.07) is 3.96. The lowest BCUT2D eigenvalue weighted by Crippen LogP contribution is -2.48. The molecule has 1 aliphatic heterocycles. The molecule has 0 bridgehead atoms. The minimum Gasteiger partial charge on any atom is -0.437 e. The van der Waals surface area contributed by atoms with Crippen molar-refractivity contribution >= 4 is 18.1 Å². The highest BCUT2D eigenvalue weighted by molar-refractivity contribution is 5.95. The van der Waals surface area contributed by atoms with Gasteiger partial charge in [-0.05, 0) is 31.2 Å². The number of ether oxygens (including phenoxy) is 1. The van der Waals surface area contributed by atoms with E-state index >= 15 is 0 Å². The van der Waals surface area contributed by atoms with E-state index < -0.39 is 11.7 Å². The summed E-state index contributed by atoms with van der Waals surface area (Å²) in [5.41, 5.74) is -0.454. The van der Waals surface area contributed by atoms with Crippen LogP contribution in [0.4, 0.5) is 4.39 Å². The van der Waals surface area contributed by atoms with E-state index in [-0.39, 0.29) is 22.8 Å². The number of hydrogen-bond acceptors (Lipinski definition) is 5. The van der Waals surface area contributed by atoms with Gasteiger partial charge in [-0.25, -0.2) is 9.49 Å². The summed E-state index contributed by atoms with van der Waals surface area (Å²) >= 11 is 0. The van der Waals surface area contributed by atoms with Gasteiger partial charge in [0.2, 0.25) is 5.88 Å². The third kappa shape index (κ3) is 4.97. The molecule has 1 aromatic carbocycles. The Morgan fingerprint density at radius 3 is 2.65 bits per heavy atom. The van der Waals surface area contributed by atoms with Gasteiger partial charge in [-0.3, -0.25) is 14.5 Å². The van der Waals surface area contributed by atoms with Gasteiger partial charge in [0, 0.05) is 37.9 Å². The average Bonchev–Trinajstić information content (AvgIpc) is 2.78. The lowest BCUT2D eigenvalue weighted by Gasteiger charge is -2.34. The summed E-state index contributed by atoms with van der Waals surface area (Å²) < 4.78 is 20.3. The number of nitrogens with zero attached hydrogens (tertiary/aromatic N) is 3. The molecule has 1 amide bonds. The molecule has 3 rings (SSSR count). The monoisotopic (exact) mass is 424 g/mol. The van der Waals surface area contributed by atoms with Crippen molar-refractivity contribution in [3.05, 3.63) is 75.7 Å². The highest BCUT2D eigenvalue weighted by atomic mass is 19.1. The highest BCUT2D eigenvalue weighted by Gasteiger charge is 2.24. The van der Waals surface area contributed by atoms with Crippen LogP contribution in [0.3, 0.4) is 0 Å². The number of allylic oxidation sites excluding steroid dienone is 1. The quantitative estimate of drug-likeness (QED) is 0.710. The Morgan fingerprint density at radius 1 is 1.26 bits per heavy atom. The Kier molecular flexibility index (Phi) is 7.15. The summed E-state index contributed by atoms with van der Waals surface area (Å²) in [7, 11) is 0.